The molecule has 118 valence electrons. The molecule has 0 saturated heterocycles. The Morgan fingerprint density at radius 2 is 1.70 bits per heavy atom. The van der Waals surface area contributed by atoms with E-state index in [0.29, 0.717) is 5.56 Å². The van der Waals surface area contributed by atoms with E-state index in [4.69, 9.17) is 14.7 Å². The molecule has 4 nitrogen and oxygen atoms in total. The number of nitrogens with zero attached hydrogens (tertiary/aromatic N) is 2. The highest BCUT2D eigenvalue weighted by Gasteiger charge is 2.19. The summed E-state index contributed by atoms with van der Waals surface area (Å²) in [7, 11) is 3.34. The van der Waals surface area contributed by atoms with Crippen molar-refractivity contribution < 1.29 is 9.47 Å². The van der Waals surface area contributed by atoms with E-state index in [1.165, 1.54) is 16.7 Å². The second-order valence-electron chi connectivity index (χ2n) is 5.75. The summed E-state index contributed by atoms with van der Waals surface area (Å²) in [5.74, 6) is 1.58. The first-order valence-electron chi connectivity index (χ1n) is 7.68. The van der Waals surface area contributed by atoms with Gasteiger partial charge in [-0.3, -0.25) is 4.90 Å². The maximum Gasteiger partial charge on any atom is 0.161 e. The van der Waals surface area contributed by atoms with Crippen molar-refractivity contribution in [2.45, 2.75) is 19.5 Å². The fourth-order valence-electron chi connectivity index (χ4n) is 3.02. The predicted molar refractivity (Wildman–Crippen MR) is 88.5 cm³/mol. The van der Waals surface area contributed by atoms with Crippen molar-refractivity contribution in [3.63, 3.8) is 0 Å². The summed E-state index contributed by atoms with van der Waals surface area (Å²) in [6.45, 7) is 2.80. The van der Waals surface area contributed by atoms with Crippen molar-refractivity contribution in [3.05, 3.63) is 58.7 Å². The molecule has 0 N–H and O–H groups in total. The third-order valence-corrected chi connectivity index (χ3v) is 4.29. The maximum absolute atomic E-state index is 8.87. The Morgan fingerprint density at radius 1 is 1.04 bits per heavy atom. The van der Waals surface area contributed by atoms with Gasteiger partial charge < -0.3 is 9.47 Å². The fourth-order valence-corrected chi connectivity index (χ4v) is 3.02. The van der Waals surface area contributed by atoms with E-state index in [0.717, 1.165) is 37.6 Å². The summed E-state index contributed by atoms with van der Waals surface area (Å²) in [6.07, 6.45) is 1.01. The van der Waals surface area contributed by atoms with Gasteiger partial charge in [0.2, 0.25) is 0 Å². The summed E-state index contributed by atoms with van der Waals surface area (Å²) in [5.41, 5.74) is 4.56. The third-order valence-electron chi connectivity index (χ3n) is 4.29. The van der Waals surface area contributed by atoms with E-state index in [1.54, 1.807) is 14.2 Å². The average Bonchev–Trinajstić information content (AvgIpc) is 2.61. The fraction of sp³-hybridized carbons (Fsp3) is 0.316. The first kappa shape index (κ1) is 15.4. The van der Waals surface area contributed by atoms with Gasteiger partial charge in [0.1, 0.15) is 0 Å². The molecular weight excluding hydrogens is 288 g/mol. The van der Waals surface area contributed by atoms with Gasteiger partial charge in [0.05, 0.1) is 25.9 Å². The van der Waals surface area contributed by atoms with Gasteiger partial charge in [0.25, 0.3) is 0 Å². The Balaban J connectivity index is 1.75. The summed E-state index contributed by atoms with van der Waals surface area (Å²) < 4.78 is 10.8. The minimum atomic E-state index is 0.703. The molecule has 0 spiro atoms. The molecule has 0 saturated carbocycles. The molecule has 1 aliphatic heterocycles. The number of rotatable bonds is 4. The molecule has 1 heterocycles. The van der Waals surface area contributed by atoms with Crippen molar-refractivity contribution in [2.24, 2.45) is 0 Å². The normalized spacial score (nSPS) is 14.0. The van der Waals surface area contributed by atoms with Gasteiger partial charge in [-0.05, 0) is 47.4 Å². The molecule has 0 atom stereocenters. The Hall–Kier alpha value is -2.51. The van der Waals surface area contributed by atoms with Crippen LogP contribution in [0.15, 0.2) is 36.4 Å². The van der Waals surface area contributed by atoms with Gasteiger partial charge in [-0.15, -0.1) is 0 Å². The zero-order chi connectivity index (χ0) is 16.2. The van der Waals surface area contributed by atoms with E-state index < -0.39 is 0 Å². The molecule has 4 heteroatoms. The maximum atomic E-state index is 8.87. The highest BCUT2D eigenvalue weighted by atomic mass is 16.5. The first-order valence-corrected chi connectivity index (χ1v) is 7.68. The summed E-state index contributed by atoms with van der Waals surface area (Å²) in [4.78, 5) is 2.41. The third kappa shape index (κ3) is 3.30. The topological polar surface area (TPSA) is 45.5 Å². The molecule has 0 unspecified atom stereocenters. The van der Waals surface area contributed by atoms with E-state index >= 15 is 0 Å². The van der Waals surface area contributed by atoms with Crippen LogP contribution in [0.25, 0.3) is 0 Å². The number of hydrogen-bond acceptors (Lipinski definition) is 4. The van der Waals surface area contributed by atoms with Crippen molar-refractivity contribution in [2.75, 3.05) is 20.8 Å². The number of ether oxygens (including phenoxy) is 2. The summed E-state index contributed by atoms with van der Waals surface area (Å²) in [6, 6.07) is 14.1. The molecule has 3 rings (SSSR count). The SMILES string of the molecule is COc1cc2c(cc1OC)CN(Cc1ccc(C#N)cc1)CC2. The van der Waals surface area contributed by atoms with Crippen LogP contribution < -0.4 is 9.47 Å². The smallest absolute Gasteiger partial charge is 0.161 e. The Bertz CT molecular complexity index is 732. The van der Waals surface area contributed by atoms with Crippen LogP contribution in [0.1, 0.15) is 22.3 Å². The second kappa shape index (κ2) is 6.72. The molecule has 2 aromatic carbocycles. The Labute approximate surface area is 136 Å². The largest absolute Gasteiger partial charge is 0.493 e. The van der Waals surface area contributed by atoms with Crippen LogP contribution in [0.5, 0.6) is 11.5 Å². The van der Waals surface area contributed by atoms with Crippen LogP contribution in [0.2, 0.25) is 0 Å². The lowest BCUT2D eigenvalue weighted by Crippen LogP contribution is -2.30. The molecule has 2 aromatic rings. The van der Waals surface area contributed by atoms with E-state index in [2.05, 4.69) is 23.1 Å². The molecule has 0 amide bonds. The highest BCUT2D eigenvalue weighted by molar-refractivity contribution is 5.48. The van der Waals surface area contributed by atoms with Gasteiger partial charge in [-0.25, -0.2) is 0 Å². The zero-order valence-electron chi connectivity index (χ0n) is 13.5. The Kier molecular flexibility index (Phi) is 4.50. The average molecular weight is 308 g/mol. The quantitative estimate of drug-likeness (QED) is 0.870. The molecule has 1 aliphatic rings. The van der Waals surface area contributed by atoms with Crippen LogP contribution in [0.4, 0.5) is 0 Å². The molecule has 0 radical (unpaired) electrons. The lowest BCUT2D eigenvalue weighted by Gasteiger charge is -2.29. The van der Waals surface area contributed by atoms with Crippen LogP contribution in [-0.2, 0) is 19.5 Å². The standard InChI is InChI=1S/C19H20N2O2/c1-22-18-9-16-7-8-21(13-17(16)10-19(18)23-2)12-15-5-3-14(11-20)4-6-15/h3-6,9-10H,7-8,12-13H2,1-2H3. The first-order chi connectivity index (χ1) is 11.2. The molecule has 0 aliphatic carbocycles. The number of hydrogen-bond donors (Lipinski definition) is 0. The monoisotopic (exact) mass is 308 g/mol. The number of nitriles is 1. The number of methoxy groups -OCH3 is 2. The van der Waals surface area contributed by atoms with Crippen molar-refractivity contribution in [1.82, 2.24) is 4.90 Å². The lowest BCUT2D eigenvalue weighted by atomic mass is 9.98. The van der Waals surface area contributed by atoms with Crippen LogP contribution in [0.3, 0.4) is 0 Å². The molecule has 23 heavy (non-hydrogen) atoms. The van der Waals surface area contributed by atoms with Crippen LogP contribution >= 0.6 is 0 Å². The van der Waals surface area contributed by atoms with Crippen molar-refractivity contribution in [3.8, 4) is 17.6 Å². The van der Waals surface area contributed by atoms with E-state index in [1.807, 2.05) is 24.3 Å². The highest BCUT2D eigenvalue weighted by Crippen LogP contribution is 2.33. The van der Waals surface area contributed by atoms with Crippen LogP contribution in [0, 0.1) is 11.3 Å². The molecule has 0 aromatic heterocycles. The summed E-state index contributed by atoms with van der Waals surface area (Å²) >= 11 is 0. The minimum Gasteiger partial charge on any atom is -0.493 e. The Morgan fingerprint density at radius 3 is 2.30 bits per heavy atom. The molecule has 0 bridgehead atoms. The van der Waals surface area contributed by atoms with Crippen molar-refractivity contribution >= 4 is 0 Å². The molecule has 0 fully saturated rings. The van der Waals surface area contributed by atoms with Gasteiger partial charge >= 0.3 is 0 Å². The van der Waals surface area contributed by atoms with Gasteiger partial charge in [0.15, 0.2) is 11.5 Å². The van der Waals surface area contributed by atoms with Crippen LogP contribution in [-0.4, -0.2) is 25.7 Å². The summed E-state index contributed by atoms with van der Waals surface area (Å²) in [5, 5.41) is 8.87. The van der Waals surface area contributed by atoms with Gasteiger partial charge in [-0.1, -0.05) is 12.1 Å². The second-order valence-corrected chi connectivity index (χ2v) is 5.75. The molecular formula is C19H20N2O2. The minimum absolute atomic E-state index is 0.703. The lowest BCUT2D eigenvalue weighted by molar-refractivity contribution is 0.244. The number of benzene rings is 2. The number of fused-ring (bicyclic) bond motifs is 1. The van der Waals surface area contributed by atoms with Gasteiger partial charge in [0, 0.05) is 19.6 Å². The van der Waals surface area contributed by atoms with E-state index in [-0.39, 0.29) is 0 Å². The van der Waals surface area contributed by atoms with Gasteiger partial charge in [-0.2, -0.15) is 5.26 Å². The zero-order valence-corrected chi connectivity index (χ0v) is 13.5. The van der Waals surface area contributed by atoms with E-state index in [9.17, 15) is 0 Å². The van der Waals surface area contributed by atoms with Crippen molar-refractivity contribution in [1.29, 1.82) is 5.26 Å². The predicted octanol–water partition coefficient (Wildman–Crippen LogP) is 3.13.